The van der Waals surface area contributed by atoms with E-state index in [0.717, 1.165) is 16.9 Å². The zero-order chi connectivity index (χ0) is 14.8. The lowest BCUT2D eigenvalue weighted by atomic mass is 10.1. The summed E-state index contributed by atoms with van der Waals surface area (Å²) < 4.78 is 41.2. The zero-order valence-corrected chi connectivity index (χ0v) is 10.9. The van der Waals surface area contributed by atoms with Gasteiger partial charge in [0.1, 0.15) is 12.3 Å². The molecule has 1 aromatic carbocycles. The quantitative estimate of drug-likeness (QED) is 0.894. The van der Waals surface area contributed by atoms with Crippen molar-refractivity contribution in [3.63, 3.8) is 0 Å². The van der Waals surface area contributed by atoms with E-state index in [1.807, 2.05) is 18.2 Å². The molecular weight excluding hydrogens is 273 g/mol. The van der Waals surface area contributed by atoms with Crippen molar-refractivity contribution in [1.29, 1.82) is 0 Å². The van der Waals surface area contributed by atoms with Crippen LogP contribution in [0.5, 0.6) is 5.75 Å². The Bertz CT molecular complexity index is 503. The lowest BCUT2D eigenvalue weighted by Gasteiger charge is -2.14. The molecule has 2 amide bonds. The molecule has 0 saturated heterocycles. The fourth-order valence-corrected chi connectivity index (χ4v) is 2.33. The van der Waals surface area contributed by atoms with Crippen molar-refractivity contribution < 1.29 is 22.7 Å². The Balaban J connectivity index is 1.90. The summed E-state index contributed by atoms with van der Waals surface area (Å²) in [6.07, 6.45) is -3.26. The minimum atomic E-state index is -4.40. The van der Waals surface area contributed by atoms with E-state index in [9.17, 15) is 18.0 Å². The number of hydrogen-bond acceptors (Lipinski definition) is 2. The number of amides is 2. The highest BCUT2D eigenvalue weighted by Gasteiger charge is 2.29. The third-order valence-electron chi connectivity index (χ3n) is 3.15. The number of rotatable bonds is 3. The molecule has 0 aliphatic heterocycles. The molecule has 2 rings (SSSR count). The molecule has 0 heterocycles. The van der Waals surface area contributed by atoms with Crippen LogP contribution in [0, 0.1) is 0 Å². The molecule has 0 bridgehead atoms. The van der Waals surface area contributed by atoms with Gasteiger partial charge in [0.25, 0.3) is 0 Å². The van der Waals surface area contributed by atoms with Crippen molar-refractivity contribution in [3.05, 3.63) is 29.3 Å². The van der Waals surface area contributed by atoms with Gasteiger partial charge in [-0.15, -0.1) is 0 Å². The lowest BCUT2D eigenvalue weighted by molar-refractivity contribution is -0.122. The Labute approximate surface area is 114 Å². The Morgan fingerprint density at radius 3 is 2.80 bits per heavy atom. The van der Waals surface area contributed by atoms with Crippen molar-refractivity contribution in [2.75, 3.05) is 13.7 Å². The summed E-state index contributed by atoms with van der Waals surface area (Å²) >= 11 is 0. The summed E-state index contributed by atoms with van der Waals surface area (Å²) in [7, 11) is 1.56. The maximum Gasteiger partial charge on any atom is 0.405 e. The average molecular weight is 288 g/mol. The SMILES string of the molecule is COc1cccc2c1C[C@@H](NC(=O)NCC(F)(F)F)C2. The maximum absolute atomic E-state index is 12.0. The Morgan fingerprint density at radius 1 is 1.40 bits per heavy atom. The summed E-state index contributed by atoms with van der Waals surface area (Å²) in [5.74, 6) is 0.738. The van der Waals surface area contributed by atoms with Crippen LogP contribution in [0.4, 0.5) is 18.0 Å². The van der Waals surface area contributed by atoms with Crippen LogP contribution in [0.3, 0.4) is 0 Å². The normalized spacial score (nSPS) is 17.5. The maximum atomic E-state index is 12.0. The van der Waals surface area contributed by atoms with Crippen LogP contribution < -0.4 is 15.4 Å². The fraction of sp³-hybridized carbons (Fsp3) is 0.462. The summed E-state index contributed by atoms with van der Waals surface area (Å²) in [5.41, 5.74) is 2.04. The first-order chi connectivity index (χ1) is 9.39. The lowest BCUT2D eigenvalue weighted by Crippen LogP contribution is -2.45. The van der Waals surface area contributed by atoms with Gasteiger partial charge in [0, 0.05) is 6.04 Å². The number of carbonyl (C=O) groups excluding carboxylic acids is 1. The Hall–Kier alpha value is -1.92. The van der Waals surface area contributed by atoms with E-state index in [-0.39, 0.29) is 6.04 Å². The van der Waals surface area contributed by atoms with Crippen LogP contribution >= 0.6 is 0 Å². The highest BCUT2D eigenvalue weighted by atomic mass is 19.4. The van der Waals surface area contributed by atoms with Gasteiger partial charge in [-0.25, -0.2) is 4.79 Å². The highest BCUT2D eigenvalue weighted by Crippen LogP contribution is 2.30. The summed E-state index contributed by atoms with van der Waals surface area (Å²) in [6, 6.07) is 4.58. The van der Waals surface area contributed by atoms with Crippen LogP contribution in [0.2, 0.25) is 0 Å². The first-order valence-electron chi connectivity index (χ1n) is 6.15. The van der Waals surface area contributed by atoms with E-state index in [4.69, 9.17) is 4.74 Å². The number of carbonyl (C=O) groups is 1. The first kappa shape index (κ1) is 14.5. The minimum absolute atomic E-state index is 0.213. The van der Waals surface area contributed by atoms with Crippen LogP contribution in [0.25, 0.3) is 0 Å². The monoisotopic (exact) mass is 288 g/mol. The van der Waals surface area contributed by atoms with Crippen LogP contribution in [0.15, 0.2) is 18.2 Å². The smallest absolute Gasteiger partial charge is 0.405 e. The second-order valence-corrected chi connectivity index (χ2v) is 4.65. The highest BCUT2D eigenvalue weighted by molar-refractivity contribution is 5.74. The zero-order valence-electron chi connectivity index (χ0n) is 10.9. The van der Waals surface area contributed by atoms with Gasteiger partial charge in [-0.05, 0) is 30.0 Å². The van der Waals surface area contributed by atoms with Gasteiger partial charge in [-0.1, -0.05) is 12.1 Å². The average Bonchev–Trinajstić information content (AvgIpc) is 2.77. The number of ether oxygens (including phenoxy) is 1. The molecule has 0 aromatic heterocycles. The predicted octanol–water partition coefficient (Wildman–Crippen LogP) is 2.02. The number of hydrogen-bond donors (Lipinski definition) is 2. The van der Waals surface area contributed by atoms with Gasteiger partial charge >= 0.3 is 12.2 Å². The number of benzene rings is 1. The van der Waals surface area contributed by atoms with E-state index in [1.165, 1.54) is 0 Å². The Kier molecular flexibility index (Phi) is 4.06. The molecule has 7 heteroatoms. The van der Waals surface area contributed by atoms with Gasteiger partial charge in [0.15, 0.2) is 0 Å². The van der Waals surface area contributed by atoms with Gasteiger partial charge in [-0.2, -0.15) is 13.2 Å². The van der Waals surface area contributed by atoms with E-state index >= 15 is 0 Å². The van der Waals surface area contributed by atoms with Gasteiger partial charge < -0.3 is 15.4 Å². The number of fused-ring (bicyclic) bond motifs is 1. The number of nitrogens with one attached hydrogen (secondary N) is 2. The van der Waals surface area contributed by atoms with Crippen LogP contribution in [-0.4, -0.2) is 31.9 Å². The number of urea groups is 1. The molecule has 2 N–H and O–H groups in total. The molecule has 1 atom stereocenters. The molecule has 20 heavy (non-hydrogen) atoms. The van der Waals surface area contributed by atoms with E-state index < -0.39 is 18.8 Å². The second kappa shape index (κ2) is 5.60. The number of halogens is 3. The molecule has 1 aliphatic rings. The molecule has 4 nitrogen and oxygen atoms in total. The second-order valence-electron chi connectivity index (χ2n) is 4.65. The van der Waals surface area contributed by atoms with Crippen molar-refractivity contribution >= 4 is 6.03 Å². The van der Waals surface area contributed by atoms with Crippen molar-refractivity contribution in [2.45, 2.75) is 25.1 Å². The largest absolute Gasteiger partial charge is 0.496 e. The minimum Gasteiger partial charge on any atom is -0.496 e. The molecule has 1 aliphatic carbocycles. The fourth-order valence-electron chi connectivity index (χ4n) is 2.33. The summed E-state index contributed by atoms with van der Waals surface area (Å²) in [6.45, 7) is -1.33. The van der Waals surface area contributed by atoms with Gasteiger partial charge in [0.2, 0.25) is 0 Å². The Morgan fingerprint density at radius 2 is 2.15 bits per heavy atom. The van der Waals surface area contributed by atoms with Gasteiger partial charge in [0.05, 0.1) is 7.11 Å². The molecule has 110 valence electrons. The molecular formula is C13H15F3N2O2. The summed E-state index contributed by atoms with van der Waals surface area (Å²) in [5, 5.41) is 4.34. The van der Waals surface area contributed by atoms with Crippen molar-refractivity contribution in [2.24, 2.45) is 0 Å². The summed E-state index contributed by atoms with van der Waals surface area (Å²) in [4.78, 5) is 11.4. The molecule has 0 spiro atoms. The topological polar surface area (TPSA) is 50.4 Å². The molecule has 0 saturated carbocycles. The van der Waals surface area contributed by atoms with Crippen molar-refractivity contribution in [3.8, 4) is 5.75 Å². The van der Waals surface area contributed by atoms with Crippen LogP contribution in [0.1, 0.15) is 11.1 Å². The molecule has 0 radical (unpaired) electrons. The van der Waals surface area contributed by atoms with E-state index in [0.29, 0.717) is 12.8 Å². The first-order valence-corrected chi connectivity index (χ1v) is 6.15. The van der Waals surface area contributed by atoms with Gasteiger partial charge in [-0.3, -0.25) is 0 Å². The predicted molar refractivity (Wildman–Crippen MR) is 66.8 cm³/mol. The van der Waals surface area contributed by atoms with Crippen molar-refractivity contribution in [1.82, 2.24) is 10.6 Å². The molecule has 0 unspecified atom stereocenters. The van der Waals surface area contributed by atoms with E-state index in [2.05, 4.69) is 5.32 Å². The third-order valence-corrected chi connectivity index (χ3v) is 3.15. The number of alkyl halides is 3. The standard InChI is InChI=1S/C13H15F3N2O2/c1-20-11-4-2-3-8-5-9(6-10(8)11)18-12(19)17-7-13(14,15)16/h2-4,9H,5-7H2,1H3,(H2,17,18,19)/t9-/m0/s1. The van der Waals surface area contributed by atoms with Crippen LogP contribution in [-0.2, 0) is 12.8 Å². The molecule has 0 fully saturated rings. The third kappa shape index (κ3) is 3.55. The van der Waals surface area contributed by atoms with E-state index in [1.54, 1.807) is 12.4 Å². The molecule has 1 aromatic rings. The number of methoxy groups -OCH3 is 1.